The number of hydrogen-bond donors (Lipinski definition) is 3. The Kier molecular flexibility index (Phi) is 3.06. The number of carbonyl (C=O) groups is 1. The lowest BCUT2D eigenvalue weighted by Gasteiger charge is -2.11. The van der Waals surface area contributed by atoms with Gasteiger partial charge in [0.05, 0.1) is 6.04 Å². The maximum atomic E-state index is 13.0. The number of aromatic carboxylic acids is 1. The number of rotatable bonds is 3. The van der Waals surface area contributed by atoms with Gasteiger partial charge in [0.1, 0.15) is 17.1 Å². The van der Waals surface area contributed by atoms with E-state index in [2.05, 4.69) is 6.58 Å². The fourth-order valence-corrected chi connectivity index (χ4v) is 1.16. The minimum absolute atomic E-state index is 0.00222. The van der Waals surface area contributed by atoms with Crippen LogP contribution in [0.3, 0.4) is 0 Å². The first-order valence-corrected chi connectivity index (χ1v) is 4.11. The molecular weight excluding hydrogens is 201 g/mol. The van der Waals surface area contributed by atoms with Gasteiger partial charge in [-0.2, -0.15) is 0 Å². The van der Waals surface area contributed by atoms with Crippen molar-refractivity contribution in [1.82, 2.24) is 0 Å². The first-order chi connectivity index (χ1) is 6.97. The molecule has 4 N–H and O–H groups in total. The van der Waals surface area contributed by atoms with E-state index in [1.165, 1.54) is 6.08 Å². The van der Waals surface area contributed by atoms with E-state index in [1.54, 1.807) is 0 Å². The predicted octanol–water partition coefficient (Wildman–Crippen LogP) is 1.42. The highest BCUT2D eigenvalue weighted by Crippen LogP contribution is 2.28. The Morgan fingerprint density at radius 1 is 1.60 bits per heavy atom. The van der Waals surface area contributed by atoms with E-state index >= 15 is 0 Å². The van der Waals surface area contributed by atoms with E-state index in [0.717, 1.165) is 12.1 Å². The van der Waals surface area contributed by atoms with Crippen LogP contribution in [-0.4, -0.2) is 16.2 Å². The molecule has 1 aromatic carbocycles. The Hall–Kier alpha value is -1.88. The molecule has 4 nitrogen and oxygen atoms in total. The SMILES string of the molecule is C=C[C@H](N)c1cc(F)cc(C(=O)O)c1O. The van der Waals surface area contributed by atoms with Gasteiger partial charge in [0.2, 0.25) is 0 Å². The van der Waals surface area contributed by atoms with Crippen LogP contribution < -0.4 is 5.73 Å². The summed E-state index contributed by atoms with van der Waals surface area (Å²) in [5.41, 5.74) is 4.99. The highest BCUT2D eigenvalue weighted by molar-refractivity contribution is 5.91. The standard InChI is InChI=1S/C10H10FNO3/c1-2-8(12)6-3-5(11)4-7(9(6)13)10(14)15/h2-4,8,13H,1,12H2,(H,14,15)/t8-/m0/s1. The quantitative estimate of drug-likeness (QED) is 0.660. The summed E-state index contributed by atoms with van der Waals surface area (Å²) in [6.07, 6.45) is 1.28. The van der Waals surface area contributed by atoms with E-state index in [-0.39, 0.29) is 5.56 Å². The second-order valence-corrected chi connectivity index (χ2v) is 2.96. The summed E-state index contributed by atoms with van der Waals surface area (Å²) >= 11 is 0. The molecule has 0 amide bonds. The van der Waals surface area contributed by atoms with Crippen molar-refractivity contribution < 1.29 is 19.4 Å². The van der Waals surface area contributed by atoms with Crippen LogP contribution in [0.1, 0.15) is 22.0 Å². The molecule has 0 aliphatic carbocycles. The number of aromatic hydroxyl groups is 1. The molecule has 80 valence electrons. The fourth-order valence-electron chi connectivity index (χ4n) is 1.16. The normalized spacial score (nSPS) is 12.1. The van der Waals surface area contributed by atoms with Crippen LogP contribution in [-0.2, 0) is 0 Å². The van der Waals surface area contributed by atoms with E-state index in [9.17, 15) is 14.3 Å². The monoisotopic (exact) mass is 211 g/mol. The number of carboxylic acids is 1. The van der Waals surface area contributed by atoms with Gasteiger partial charge in [0, 0.05) is 5.56 Å². The van der Waals surface area contributed by atoms with Crippen molar-refractivity contribution in [3.8, 4) is 5.75 Å². The highest BCUT2D eigenvalue weighted by atomic mass is 19.1. The van der Waals surface area contributed by atoms with Crippen molar-refractivity contribution in [3.63, 3.8) is 0 Å². The van der Waals surface area contributed by atoms with Crippen molar-refractivity contribution in [2.24, 2.45) is 5.73 Å². The number of nitrogens with two attached hydrogens (primary N) is 1. The van der Waals surface area contributed by atoms with E-state index in [0.29, 0.717) is 0 Å². The van der Waals surface area contributed by atoms with Gasteiger partial charge in [-0.3, -0.25) is 0 Å². The second kappa shape index (κ2) is 4.10. The van der Waals surface area contributed by atoms with E-state index in [1.807, 2.05) is 0 Å². The summed E-state index contributed by atoms with van der Waals surface area (Å²) < 4.78 is 13.0. The molecular formula is C10H10FNO3. The molecule has 1 atom stereocenters. The van der Waals surface area contributed by atoms with Crippen molar-refractivity contribution in [1.29, 1.82) is 0 Å². The summed E-state index contributed by atoms with van der Waals surface area (Å²) in [4.78, 5) is 10.6. The van der Waals surface area contributed by atoms with Crippen LogP contribution in [0, 0.1) is 5.82 Å². The van der Waals surface area contributed by atoms with Crippen LogP contribution in [0.25, 0.3) is 0 Å². The Balaban J connectivity index is 3.40. The fraction of sp³-hybridized carbons (Fsp3) is 0.100. The van der Waals surface area contributed by atoms with Crippen molar-refractivity contribution in [3.05, 3.63) is 41.7 Å². The molecule has 0 unspecified atom stereocenters. The Bertz CT molecular complexity index is 417. The zero-order chi connectivity index (χ0) is 11.6. The summed E-state index contributed by atoms with van der Waals surface area (Å²) in [6, 6.07) is 0.907. The van der Waals surface area contributed by atoms with Gasteiger partial charge < -0.3 is 15.9 Å². The smallest absolute Gasteiger partial charge is 0.339 e. The Morgan fingerprint density at radius 3 is 2.67 bits per heavy atom. The number of halogens is 1. The zero-order valence-corrected chi connectivity index (χ0v) is 7.77. The number of carboxylic acid groups (broad SMARTS) is 1. The molecule has 0 saturated carbocycles. The molecule has 15 heavy (non-hydrogen) atoms. The minimum Gasteiger partial charge on any atom is -0.507 e. The Morgan fingerprint density at radius 2 is 2.20 bits per heavy atom. The van der Waals surface area contributed by atoms with Crippen LogP contribution in [0.15, 0.2) is 24.8 Å². The van der Waals surface area contributed by atoms with E-state index in [4.69, 9.17) is 10.8 Å². The lowest BCUT2D eigenvalue weighted by Crippen LogP contribution is -2.09. The molecule has 0 spiro atoms. The molecule has 0 fully saturated rings. The van der Waals surface area contributed by atoms with Gasteiger partial charge in [-0.25, -0.2) is 9.18 Å². The highest BCUT2D eigenvalue weighted by Gasteiger charge is 2.18. The number of phenols is 1. The molecule has 5 heteroatoms. The first-order valence-electron chi connectivity index (χ1n) is 4.11. The van der Waals surface area contributed by atoms with Crippen molar-refractivity contribution in [2.75, 3.05) is 0 Å². The van der Waals surface area contributed by atoms with Gasteiger partial charge in [0.15, 0.2) is 0 Å². The third-order valence-electron chi connectivity index (χ3n) is 1.95. The van der Waals surface area contributed by atoms with E-state index < -0.39 is 29.1 Å². The summed E-state index contributed by atoms with van der Waals surface area (Å²) in [7, 11) is 0. The minimum atomic E-state index is -1.41. The van der Waals surface area contributed by atoms with Crippen molar-refractivity contribution in [2.45, 2.75) is 6.04 Å². The molecule has 0 bridgehead atoms. The average Bonchev–Trinajstić information content (AvgIpc) is 2.19. The third-order valence-corrected chi connectivity index (χ3v) is 1.95. The molecule has 0 saturated heterocycles. The zero-order valence-electron chi connectivity index (χ0n) is 7.77. The van der Waals surface area contributed by atoms with Gasteiger partial charge in [-0.05, 0) is 12.1 Å². The molecule has 0 aliphatic heterocycles. The van der Waals surface area contributed by atoms with Gasteiger partial charge in [-0.1, -0.05) is 6.08 Å². The van der Waals surface area contributed by atoms with Gasteiger partial charge >= 0.3 is 5.97 Å². The predicted molar refractivity (Wildman–Crippen MR) is 52.1 cm³/mol. The molecule has 1 rings (SSSR count). The molecule has 0 aliphatic rings. The molecule has 0 aromatic heterocycles. The van der Waals surface area contributed by atoms with Crippen LogP contribution in [0.4, 0.5) is 4.39 Å². The lowest BCUT2D eigenvalue weighted by molar-refractivity contribution is 0.0693. The maximum Gasteiger partial charge on any atom is 0.339 e. The number of benzene rings is 1. The molecule has 1 aromatic rings. The summed E-state index contributed by atoms with van der Waals surface area (Å²) in [6.45, 7) is 3.38. The van der Waals surface area contributed by atoms with Gasteiger partial charge in [0.25, 0.3) is 0 Å². The molecule has 0 radical (unpaired) electrons. The van der Waals surface area contributed by atoms with Crippen molar-refractivity contribution >= 4 is 5.97 Å². The third kappa shape index (κ3) is 2.13. The lowest BCUT2D eigenvalue weighted by atomic mass is 10.0. The van der Waals surface area contributed by atoms with Crippen LogP contribution in [0.2, 0.25) is 0 Å². The number of hydrogen-bond acceptors (Lipinski definition) is 3. The van der Waals surface area contributed by atoms with Gasteiger partial charge in [-0.15, -0.1) is 6.58 Å². The topological polar surface area (TPSA) is 83.6 Å². The second-order valence-electron chi connectivity index (χ2n) is 2.96. The Labute approximate surface area is 85.5 Å². The average molecular weight is 211 g/mol. The van der Waals surface area contributed by atoms with Crippen LogP contribution in [0.5, 0.6) is 5.75 Å². The summed E-state index contributed by atoms with van der Waals surface area (Å²) in [5.74, 6) is -2.71. The molecule has 0 heterocycles. The van der Waals surface area contributed by atoms with Crippen LogP contribution >= 0.6 is 0 Å². The largest absolute Gasteiger partial charge is 0.507 e. The first kappa shape index (κ1) is 11.2. The maximum absolute atomic E-state index is 13.0. The summed E-state index contributed by atoms with van der Waals surface area (Å²) in [5, 5.41) is 18.2.